The fraction of sp³-hybridized carbons (Fsp3) is 0.556. The Hall–Kier alpha value is -2.04. The van der Waals surface area contributed by atoms with Crippen molar-refractivity contribution in [3.8, 4) is 5.75 Å². The molecular weight excluding hydrogens is 294 g/mol. The van der Waals surface area contributed by atoms with Gasteiger partial charge in [0, 0.05) is 12.0 Å². The number of aliphatic carboxylic acids is 1. The molecule has 1 aromatic carbocycles. The number of ether oxygens (including phenoxy) is 1. The van der Waals surface area contributed by atoms with E-state index < -0.39 is 5.97 Å². The molecule has 1 saturated carbocycles. The van der Waals surface area contributed by atoms with Gasteiger partial charge in [0.15, 0.2) is 6.61 Å². The van der Waals surface area contributed by atoms with E-state index in [1.54, 1.807) is 18.2 Å². The van der Waals surface area contributed by atoms with Crippen LogP contribution in [-0.2, 0) is 16.1 Å². The van der Waals surface area contributed by atoms with Crippen LogP contribution in [0, 0.1) is 5.41 Å². The van der Waals surface area contributed by atoms with E-state index in [9.17, 15) is 9.59 Å². The van der Waals surface area contributed by atoms with Gasteiger partial charge in [-0.05, 0) is 30.5 Å². The van der Waals surface area contributed by atoms with Gasteiger partial charge in [0.25, 0.3) is 0 Å². The first-order chi connectivity index (χ1) is 11.0. The zero-order chi connectivity index (χ0) is 16.7. The lowest BCUT2D eigenvalue weighted by Gasteiger charge is -2.26. The number of carbonyl (C=O) groups excluding carboxylic acids is 1. The Morgan fingerprint density at radius 2 is 1.91 bits per heavy atom. The fourth-order valence-corrected chi connectivity index (χ4v) is 3.02. The van der Waals surface area contributed by atoms with Crippen molar-refractivity contribution in [1.29, 1.82) is 0 Å². The van der Waals surface area contributed by atoms with Crippen LogP contribution in [0.5, 0.6) is 5.75 Å². The van der Waals surface area contributed by atoms with Crippen molar-refractivity contribution in [3.05, 3.63) is 29.8 Å². The van der Waals surface area contributed by atoms with Crippen molar-refractivity contribution in [1.82, 2.24) is 5.32 Å². The lowest BCUT2D eigenvalue weighted by molar-refractivity contribution is -0.139. The summed E-state index contributed by atoms with van der Waals surface area (Å²) in [6, 6.07) is 7.16. The van der Waals surface area contributed by atoms with Gasteiger partial charge < -0.3 is 15.2 Å². The minimum absolute atomic E-state index is 0.108. The number of benzene rings is 1. The number of carboxylic acid groups (broad SMARTS) is 1. The second-order valence-corrected chi connectivity index (χ2v) is 6.49. The van der Waals surface area contributed by atoms with Crippen molar-refractivity contribution >= 4 is 11.9 Å². The predicted octanol–water partition coefficient (Wildman–Crippen LogP) is 3.13. The second-order valence-electron chi connectivity index (χ2n) is 6.49. The van der Waals surface area contributed by atoms with E-state index in [1.807, 2.05) is 6.07 Å². The van der Waals surface area contributed by atoms with Crippen LogP contribution in [0.15, 0.2) is 24.3 Å². The van der Waals surface area contributed by atoms with E-state index >= 15 is 0 Å². The first-order valence-corrected chi connectivity index (χ1v) is 8.21. The van der Waals surface area contributed by atoms with Crippen LogP contribution in [-0.4, -0.2) is 23.6 Å². The maximum Gasteiger partial charge on any atom is 0.341 e. The summed E-state index contributed by atoms with van der Waals surface area (Å²) in [6.45, 7) is 2.12. The molecule has 5 heteroatoms. The lowest BCUT2D eigenvalue weighted by atomic mass is 9.81. The Kier molecular flexibility index (Phi) is 6.02. The lowest BCUT2D eigenvalue weighted by Crippen LogP contribution is -2.38. The molecule has 1 aliphatic carbocycles. The standard InChI is InChI=1S/C18H25NO4/c1-18(9-4-2-3-5-10-18)17(22)19-12-14-7-6-8-15(11-14)23-13-16(20)21/h6-8,11H,2-5,9-10,12-13H2,1H3,(H,19,22)(H,20,21). The molecular formula is C18H25NO4. The van der Waals surface area contributed by atoms with Crippen molar-refractivity contribution in [2.75, 3.05) is 6.61 Å². The summed E-state index contributed by atoms with van der Waals surface area (Å²) in [7, 11) is 0. The molecule has 0 spiro atoms. The predicted molar refractivity (Wildman–Crippen MR) is 87.2 cm³/mol. The number of amides is 1. The average Bonchev–Trinajstić information content (AvgIpc) is 2.77. The maximum atomic E-state index is 12.5. The maximum absolute atomic E-state index is 12.5. The Bertz CT molecular complexity index is 548. The summed E-state index contributed by atoms with van der Waals surface area (Å²) in [5.74, 6) is -0.402. The molecule has 1 amide bonds. The van der Waals surface area contributed by atoms with Crippen LogP contribution in [0.4, 0.5) is 0 Å². The highest BCUT2D eigenvalue weighted by molar-refractivity contribution is 5.82. The van der Waals surface area contributed by atoms with Crippen molar-refractivity contribution < 1.29 is 19.4 Å². The highest BCUT2D eigenvalue weighted by Gasteiger charge is 2.33. The molecule has 0 unspecified atom stereocenters. The molecule has 1 aromatic rings. The van der Waals surface area contributed by atoms with Crippen LogP contribution in [0.3, 0.4) is 0 Å². The first-order valence-electron chi connectivity index (χ1n) is 8.21. The molecule has 126 valence electrons. The molecule has 0 radical (unpaired) electrons. The van der Waals surface area contributed by atoms with Gasteiger partial charge in [0.1, 0.15) is 5.75 Å². The van der Waals surface area contributed by atoms with Gasteiger partial charge in [0.05, 0.1) is 0 Å². The molecule has 0 atom stereocenters. The number of nitrogens with one attached hydrogen (secondary N) is 1. The van der Waals surface area contributed by atoms with Gasteiger partial charge in [-0.25, -0.2) is 4.79 Å². The van der Waals surface area contributed by atoms with Gasteiger partial charge in [0.2, 0.25) is 5.91 Å². The van der Waals surface area contributed by atoms with Crippen LogP contribution in [0.1, 0.15) is 51.0 Å². The Morgan fingerprint density at radius 1 is 1.22 bits per heavy atom. The molecule has 1 aliphatic rings. The summed E-state index contributed by atoms with van der Waals surface area (Å²) >= 11 is 0. The Labute approximate surface area is 137 Å². The normalized spacial score (nSPS) is 17.1. The van der Waals surface area contributed by atoms with Gasteiger partial charge >= 0.3 is 5.97 Å². The van der Waals surface area contributed by atoms with Crippen molar-refractivity contribution in [2.45, 2.75) is 52.0 Å². The van der Waals surface area contributed by atoms with Gasteiger partial charge in [-0.3, -0.25) is 4.79 Å². The largest absolute Gasteiger partial charge is 0.482 e. The molecule has 2 N–H and O–H groups in total. The minimum Gasteiger partial charge on any atom is -0.482 e. The number of carboxylic acids is 1. The third kappa shape index (κ3) is 5.27. The average molecular weight is 319 g/mol. The summed E-state index contributed by atoms with van der Waals surface area (Å²) < 4.78 is 5.16. The third-order valence-electron chi connectivity index (χ3n) is 4.47. The molecule has 5 nitrogen and oxygen atoms in total. The van der Waals surface area contributed by atoms with Gasteiger partial charge in [-0.1, -0.05) is 44.7 Å². The van der Waals surface area contributed by atoms with E-state index in [1.165, 1.54) is 12.8 Å². The highest BCUT2D eigenvalue weighted by Crippen LogP contribution is 2.34. The third-order valence-corrected chi connectivity index (χ3v) is 4.47. The molecule has 1 fully saturated rings. The quantitative estimate of drug-likeness (QED) is 0.790. The Balaban J connectivity index is 1.90. The van der Waals surface area contributed by atoms with E-state index in [0.29, 0.717) is 12.3 Å². The SMILES string of the molecule is CC1(C(=O)NCc2cccc(OCC(=O)O)c2)CCCCCC1. The van der Waals surface area contributed by atoms with Crippen molar-refractivity contribution in [3.63, 3.8) is 0 Å². The number of hydrogen-bond acceptors (Lipinski definition) is 3. The second kappa shape index (κ2) is 7.99. The fourth-order valence-electron chi connectivity index (χ4n) is 3.02. The van der Waals surface area contributed by atoms with Crippen LogP contribution < -0.4 is 10.1 Å². The molecule has 0 saturated heterocycles. The van der Waals surface area contributed by atoms with E-state index in [0.717, 1.165) is 31.2 Å². The monoisotopic (exact) mass is 319 g/mol. The van der Waals surface area contributed by atoms with E-state index in [4.69, 9.17) is 9.84 Å². The first kappa shape index (κ1) is 17.3. The molecule has 0 aliphatic heterocycles. The van der Waals surface area contributed by atoms with Crippen LogP contribution in [0.25, 0.3) is 0 Å². The summed E-state index contributed by atoms with van der Waals surface area (Å²) in [4.78, 5) is 23.1. The van der Waals surface area contributed by atoms with Crippen molar-refractivity contribution in [2.24, 2.45) is 5.41 Å². The zero-order valence-corrected chi connectivity index (χ0v) is 13.6. The van der Waals surface area contributed by atoms with Crippen LogP contribution in [0.2, 0.25) is 0 Å². The highest BCUT2D eigenvalue weighted by atomic mass is 16.5. The molecule has 2 rings (SSSR count). The molecule has 0 bridgehead atoms. The van der Waals surface area contributed by atoms with Gasteiger partial charge in [-0.2, -0.15) is 0 Å². The van der Waals surface area contributed by atoms with E-state index in [2.05, 4.69) is 12.2 Å². The zero-order valence-electron chi connectivity index (χ0n) is 13.6. The molecule has 23 heavy (non-hydrogen) atoms. The Morgan fingerprint density at radius 3 is 2.57 bits per heavy atom. The van der Waals surface area contributed by atoms with Crippen LogP contribution >= 0.6 is 0 Å². The summed E-state index contributed by atoms with van der Waals surface area (Å²) in [5, 5.41) is 11.7. The number of hydrogen-bond donors (Lipinski definition) is 2. The smallest absolute Gasteiger partial charge is 0.341 e. The minimum atomic E-state index is -1.01. The summed E-state index contributed by atoms with van der Waals surface area (Å²) in [5.41, 5.74) is 0.631. The number of rotatable bonds is 6. The topological polar surface area (TPSA) is 75.6 Å². The number of carbonyl (C=O) groups is 2. The van der Waals surface area contributed by atoms with E-state index in [-0.39, 0.29) is 17.9 Å². The molecule has 0 aromatic heterocycles. The molecule has 0 heterocycles. The van der Waals surface area contributed by atoms with Gasteiger partial charge in [-0.15, -0.1) is 0 Å². The summed E-state index contributed by atoms with van der Waals surface area (Å²) in [6.07, 6.45) is 6.55.